The standard InChI is InChI=1S/C33H35N7O2/c1-3-30(41)36-14-18-38(19-15-36)32-26-12-13-40(29-11-7-9-24-8-5-6-10-25(24)29)23-28(26)27(22-34)33(35-32)39-20-16-37(17-21-39)31(42)4-2/h3-11H,1-2,12-21,23H2. The number of rotatable bonds is 5. The molecule has 3 aliphatic heterocycles. The minimum absolute atomic E-state index is 0.0529. The lowest BCUT2D eigenvalue weighted by Crippen LogP contribution is -2.50. The van der Waals surface area contributed by atoms with Gasteiger partial charge in [0.15, 0.2) is 0 Å². The predicted octanol–water partition coefficient (Wildman–Crippen LogP) is 3.34. The highest BCUT2D eigenvalue weighted by molar-refractivity contribution is 5.94. The number of benzene rings is 2. The Labute approximate surface area is 246 Å². The maximum absolute atomic E-state index is 12.2. The second kappa shape index (κ2) is 11.6. The van der Waals surface area contributed by atoms with E-state index in [0.29, 0.717) is 70.3 Å². The fourth-order valence-electron chi connectivity index (χ4n) is 6.43. The smallest absolute Gasteiger partial charge is 0.246 e. The highest BCUT2D eigenvalue weighted by Crippen LogP contribution is 2.38. The number of pyridine rings is 1. The lowest BCUT2D eigenvalue weighted by Gasteiger charge is -2.41. The molecule has 0 bridgehead atoms. The van der Waals surface area contributed by atoms with Crippen LogP contribution in [0.5, 0.6) is 0 Å². The molecule has 2 amide bonds. The van der Waals surface area contributed by atoms with Gasteiger partial charge in [-0.2, -0.15) is 5.26 Å². The van der Waals surface area contributed by atoms with Crippen LogP contribution in [0.1, 0.15) is 16.7 Å². The molecule has 0 spiro atoms. The van der Waals surface area contributed by atoms with E-state index < -0.39 is 0 Å². The summed E-state index contributed by atoms with van der Waals surface area (Å²) in [5, 5.41) is 12.9. The van der Waals surface area contributed by atoms with Gasteiger partial charge in [-0.25, -0.2) is 4.98 Å². The fourth-order valence-corrected chi connectivity index (χ4v) is 6.43. The third-order valence-electron chi connectivity index (χ3n) is 8.70. The van der Waals surface area contributed by atoms with E-state index in [1.807, 2.05) is 4.90 Å². The van der Waals surface area contributed by atoms with E-state index in [1.165, 1.54) is 22.9 Å². The van der Waals surface area contributed by atoms with E-state index in [2.05, 4.69) is 76.4 Å². The molecule has 2 saturated heterocycles. The molecular formula is C33H35N7O2. The SMILES string of the molecule is C=CC(=O)N1CCN(c2nc(N3CCN(C(=O)C=C)CC3)c3c(c2C#N)CN(c2cccc4ccccc24)CC3)CC1. The van der Waals surface area contributed by atoms with Crippen LogP contribution in [0.15, 0.2) is 67.8 Å². The summed E-state index contributed by atoms with van der Waals surface area (Å²) in [4.78, 5) is 40.0. The van der Waals surface area contributed by atoms with Gasteiger partial charge in [0, 0.05) is 82.1 Å². The van der Waals surface area contributed by atoms with Gasteiger partial charge in [-0.05, 0) is 35.6 Å². The summed E-state index contributed by atoms with van der Waals surface area (Å²) in [6.45, 7) is 13.5. The average Bonchev–Trinajstić information content (AvgIpc) is 3.06. The quantitative estimate of drug-likeness (QED) is 0.442. The predicted molar refractivity (Wildman–Crippen MR) is 166 cm³/mol. The Morgan fingerprint density at radius 3 is 1.95 bits per heavy atom. The normalized spacial score (nSPS) is 17.1. The van der Waals surface area contributed by atoms with Gasteiger partial charge in [0.05, 0.1) is 5.56 Å². The molecule has 1 aromatic heterocycles. The Morgan fingerprint density at radius 2 is 1.33 bits per heavy atom. The summed E-state index contributed by atoms with van der Waals surface area (Å²) in [5.41, 5.74) is 3.92. The number of hydrogen-bond donors (Lipinski definition) is 0. The average molecular weight is 562 g/mol. The van der Waals surface area contributed by atoms with Crippen LogP contribution in [-0.2, 0) is 22.6 Å². The molecule has 3 aromatic rings. The highest BCUT2D eigenvalue weighted by atomic mass is 16.2. The van der Waals surface area contributed by atoms with E-state index in [9.17, 15) is 14.9 Å². The van der Waals surface area contributed by atoms with Gasteiger partial charge in [-0.15, -0.1) is 0 Å². The molecule has 9 heteroatoms. The van der Waals surface area contributed by atoms with E-state index in [4.69, 9.17) is 4.98 Å². The van der Waals surface area contributed by atoms with Crippen molar-refractivity contribution < 1.29 is 9.59 Å². The summed E-state index contributed by atoms with van der Waals surface area (Å²) in [6.07, 6.45) is 3.49. The van der Waals surface area contributed by atoms with Crippen molar-refractivity contribution in [2.24, 2.45) is 0 Å². The number of carbonyl (C=O) groups is 2. The largest absolute Gasteiger partial charge is 0.366 e. The van der Waals surface area contributed by atoms with Crippen LogP contribution < -0.4 is 14.7 Å². The first-order valence-electron chi connectivity index (χ1n) is 14.5. The molecule has 0 atom stereocenters. The number of anilines is 3. The van der Waals surface area contributed by atoms with Crippen LogP contribution in [0.3, 0.4) is 0 Å². The molecule has 0 radical (unpaired) electrons. The summed E-state index contributed by atoms with van der Waals surface area (Å²) in [7, 11) is 0. The third kappa shape index (κ3) is 4.94. The van der Waals surface area contributed by atoms with Crippen LogP contribution in [0.4, 0.5) is 17.3 Å². The van der Waals surface area contributed by atoms with Crippen LogP contribution in [0, 0.1) is 11.3 Å². The van der Waals surface area contributed by atoms with Gasteiger partial charge in [0.2, 0.25) is 11.8 Å². The number of fused-ring (bicyclic) bond motifs is 2. The molecule has 4 heterocycles. The molecule has 2 aromatic carbocycles. The maximum atomic E-state index is 12.2. The van der Waals surface area contributed by atoms with Crippen molar-refractivity contribution in [3.8, 4) is 6.07 Å². The highest BCUT2D eigenvalue weighted by Gasteiger charge is 2.32. The number of aromatic nitrogens is 1. The van der Waals surface area contributed by atoms with Crippen molar-refractivity contribution in [1.29, 1.82) is 5.26 Å². The summed E-state index contributed by atoms with van der Waals surface area (Å²) in [5.74, 6) is 1.46. The second-order valence-electron chi connectivity index (χ2n) is 10.9. The number of hydrogen-bond acceptors (Lipinski definition) is 7. The summed E-state index contributed by atoms with van der Waals surface area (Å²) >= 11 is 0. The first kappa shape index (κ1) is 27.3. The Kier molecular flexibility index (Phi) is 7.53. The number of piperazine rings is 2. The first-order chi connectivity index (χ1) is 20.5. The number of amides is 2. The zero-order chi connectivity index (χ0) is 29.2. The maximum Gasteiger partial charge on any atom is 0.246 e. The first-order valence-corrected chi connectivity index (χ1v) is 14.5. The van der Waals surface area contributed by atoms with Crippen molar-refractivity contribution in [3.63, 3.8) is 0 Å². The molecular weight excluding hydrogens is 526 g/mol. The van der Waals surface area contributed by atoms with Crippen molar-refractivity contribution in [2.75, 3.05) is 73.6 Å². The van der Waals surface area contributed by atoms with Crippen LogP contribution in [-0.4, -0.2) is 85.5 Å². The van der Waals surface area contributed by atoms with Crippen LogP contribution >= 0.6 is 0 Å². The van der Waals surface area contributed by atoms with Gasteiger partial charge in [-0.1, -0.05) is 49.6 Å². The van der Waals surface area contributed by atoms with Crippen molar-refractivity contribution in [1.82, 2.24) is 14.8 Å². The molecule has 0 unspecified atom stereocenters. The van der Waals surface area contributed by atoms with Crippen molar-refractivity contribution in [3.05, 3.63) is 84.5 Å². The van der Waals surface area contributed by atoms with Crippen molar-refractivity contribution in [2.45, 2.75) is 13.0 Å². The molecule has 9 nitrogen and oxygen atoms in total. The fraction of sp³-hybridized carbons (Fsp3) is 0.333. The molecule has 214 valence electrons. The molecule has 42 heavy (non-hydrogen) atoms. The van der Waals surface area contributed by atoms with Crippen LogP contribution in [0.2, 0.25) is 0 Å². The Morgan fingerprint density at radius 1 is 0.738 bits per heavy atom. The van der Waals surface area contributed by atoms with E-state index in [0.717, 1.165) is 35.6 Å². The molecule has 0 saturated carbocycles. The Balaban J connectivity index is 1.39. The second-order valence-corrected chi connectivity index (χ2v) is 10.9. The molecule has 0 aliphatic carbocycles. The molecule has 2 fully saturated rings. The third-order valence-corrected chi connectivity index (χ3v) is 8.70. The Hall–Kier alpha value is -4.84. The Bertz CT molecular complexity index is 1590. The van der Waals surface area contributed by atoms with Gasteiger partial charge < -0.3 is 24.5 Å². The van der Waals surface area contributed by atoms with Gasteiger partial charge in [0.25, 0.3) is 0 Å². The minimum atomic E-state index is -0.0769. The molecule has 3 aliphatic rings. The van der Waals surface area contributed by atoms with Gasteiger partial charge >= 0.3 is 0 Å². The van der Waals surface area contributed by atoms with E-state index in [-0.39, 0.29) is 11.8 Å². The zero-order valence-electron chi connectivity index (χ0n) is 23.8. The lowest BCUT2D eigenvalue weighted by molar-refractivity contribution is -0.127. The summed E-state index contributed by atoms with van der Waals surface area (Å²) < 4.78 is 0. The van der Waals surface area contributed by atoms with Crippen LogP contribution in [0.25, 0.3) is 10.8 Å². The topological polar surface area (TPSA) is 87.0 Å². The lowest BCUT2D eigenvalue weighted by atomic mass is 9.94. The van der Waals surface area contributed by atoms with Gasteiger partial charge in [0.1, 0.15) is 17.7 Å². The summed E-state index contributed by atoms with van der Waals surface area (Å²) in [6, 6.07) is 17.3. The molecule has 6 rings (SSSR count). The monoisotopic (exact) mass is 561 g/mol. The van der Waals surface area contributed by atoms with Crippen molar-refractivity contribution >= 4 is 39.9 Å². The minimum Gasteiger partial charge on any atom is -0.366 e. The number of nitrogens with zero attached hydrogens (tertiary/aromatic N) is 7. The number of nitriles is 1. The zero-order valence-corrected chi connectivity index (χ0v) is 23.8. The van der Waals surface area contributed by atoms with E-state index >= 15 is 0 Å². The molecule has 0 N–H and O–H groups in total. The van der Waals surface area contributed by atoms with E-state index in [1.54, 1.807) is 4.90 Å². The van der Waals surface area contributed by atoms with Gasteiger partial charge in [-0.3, -0.25) is 9.59 Å². The number of carbonyl (C=O) groups excluding carboxylic acids is 2.